The smallest absolute Gasteiger partial charge is 0.413 e. The number of rotatable bonds is 11. The molecule has 2 aliphatic heterocycles. The minimum absolute atomic E-state index is 0.135. The van der Waals surface area contributed by atoms with Crippen LogP contribution < -0.4 is 0 Å². The first-order valence-corrected chi connectivity index (χ1v) is 25.1. The number of nitrogens with zero attached hydrogens (tertiary/aromatic N) is 1. The van der Waals surface area contributed by atoms with E-state index in [1.165, 1.54) is 30.7 Å². The summed E-state index contributed by atoms with van der Waals surface area (Å²) in [6.07, 6.45) is -7.69. The van der Waals surface area contributed by atoms with Gasteiger partial charge in [-0.25, -0.2) is 14.4 Å². The average Bonchev–Trinajstić information content (AvgIpc) is 3.72. The summed E-state index contributed by atoms with van der Waals surface area (Å²) in [5.74, 6) is -3.96. The average molecular weight is 984 g/mol. The van der Waals surface area contributed by atoms with Crippen LogP contribution in [-0.2, 0) is 52.3 Å². The highest BCUT2D eigenvalue weighted by Gasteiger charge is 2.78. The van der Waals surface area contributed by atoms with E-state index in [2.05, 4.69) is 0 Å². The second-order valence-corrected chi connectivity index (χ2v) is 21.7. The summed E-state index contributed by atoms with van der Waals surface area (Å²) in [5, 5.41) is 14.1. The van der Waals surface area contributed by atoms with Crippen LogP contribution in [0.4, 0.5) is 4.79 Å². The molecule has 15 nitrogen and oxygen atoms in total. The first kappa shape index (κ1) is 51.3. The number of fused-ring (bicyclic) bond motifs is 5. The summed E-state index contributed by atoms with van der Waals surface area (Å²) >= 11 is 1.40. The van der Waals surface area contributed by atoms with Crippen molar-refractivity contribution < 1.29 is 67.0 Å². The Bertz CT molecular complexity index is 2510. The summed E-state index contributed by atoms with van der Waals surface area (Å²) < 4.78 is 51.2. The number of ketones is 1. The molecule has 4 fully saturated rings. The maximum atomic E-state index is 16.0. The minimum Gasteiger partial charge on any atom is -0.456 e. The lowest BCUT2D eigenvalue weighted by molar-refractivity contribution is -0.347. The van der Waals surface area contributed by atoms with Crippen LogP contribution >= 0.6 is 11.8 Å². The van der Waals surface area contributed by atoms with Crippen molar-refractivity contribution >= 4 is 41.5 Å². The van der Waals surface area contributed by atoms with Gasteiger partial charge >= 0.3 is 24.0 Å². The van der Waals surface area contributed by atoms with Crippen LogP contribution in [0.1, 0.15) is 108 Å². The molecule has 1 N–H and O–H groups in total. The van der Waals surface area contributed by atoms with Gasteiger partial charge in [-0.3, -0.25) is 14.5 Å². The fraction of sp³-hybridized carbons (Fsp3) is 0.537. The Labute approximate surface area is 413 Å². The van der Waals surface area contributed by atoms with E-state index in [0.717, 1.165) is 5.56 Å². The van der Waals surface area contributed by atoms with Crippen molar-refractivity contribution in [2.24, 2.45) is 16.7 Å². The van der Waals surface area contributed by atoms with Gasteiger partial charge in [0.25, 0.3) is 0 Å². The number of carbonyl (C=O) groups excluding carboxylic acids is 5. The van der Waals surface area contributed by atoms with Crippen LogP contribution in [-0.4, -0.2) is 119 Å². The molecule has 3 aromatic rings. The number of aryl methyl sites for hydroxylation is 1. The van der Waals surface area contributed by atoms with E-state index < -0.39 is 112 Å². The molecule has 2 bridgehead atoms. The number of benzene rings is 3. The molecule has 8 rings (SSSR count). The number of esters is 3. The molecule has 2 heterocycles. The van der Waals surface area contributed by atoms with Gasteiger partial charge in [0.15, 0.2) is 23.7 Å². The highest BCUT2D eigenvalue weighted by molar-refractivity contribution is 7.98. The van der Waals surface area contributed by atoms with E-state index >= 15 is 9.59 Å². The van der Waals surface area contributed by atoms with Crippen LogP contribution in [0, 0.1) is 23.7 Å². The van der Waals surface area contributed by atoms with Gasteiger partial charge in [-0.1, -0.05) is 92.2 Å². The molecule has 0 unspecified atom stereocenters. The summed E-state index contributed by atoms with van der Waals surface area (Å²) in [4.78, 5) is 75.1. The molecule has 376 valence electrons. The largest absolute Gasteiger partial charge is 0.456 e. The summed E-state index contributed by atoms with van der Waals surface area (Å²) in [5.41, 5.74) is -4.84. The van der Waals surface area contributed by atoms with E-state index in [4.69, 9.17) is 37.9 Å². The summed E-state index contributed by atoms with van der Waals surface area (Å²) in [7, 11) is 1.39. The molecule has 2 saturated carbocycles. The zero-order chi connectivity index (χ0) is 50.7. The Morgan fingerprint density at radius 2 is 1.54 bits per heavy atom. The zero-order valence-corrected chi connectivity index (χ0v) is 42.5. The predicted molar refractivity (Wildman–Crippen MR) is 257 cm³/mol. The first-order chi connectivity index (χ1) is 33.0. The zero-order valence-electron chi connectivity index (χ0n) is 41.7. The van der Waals surface area contributed by atoms with Gasteiger partial charge in [0, 0.05) is 37.9 Å². The van der Waals surface area contributed by atoms with E-state index in [0.29, 0.717) is 22.3 Å². The Hall–Kier alpha value is -5.10. The minimum atomic E-state index is -2.21. The van der Waals surface area contributed by atoms with Crippen molar-refractivity contribution in [3.63, 3.8) is 0 Å². The summed E-state index contributed by atoms with van der Waals surface area (Å²) in [6, 6.07) is 23.6. The van der Waals surface area contributed by atoms with Gasteiger partial charge < -0.3 is 43.0 Å². The fourth-order valence-corrected chi connectivity index (χ4v) is 12.1. The third-order valence-electron chi connectivity index (χ3n) is 15.2. The number of carbonyl (C=O) groups is 5. The van der Waals surface area contributed by atoms with Gasteiger partial charge in [0.1, 0.15) is 41.7 Å². The topological polar surface area (TPSA) is 183 Å². The molecule has 1 amide bonds. The van der Waals surface area contributed by atoms with E-state index in [9.17, 15) is 19.5 Å². The molecule has 70 heavy (non-hydrogen) atoms. The van der Waals surface area contributed by atoms with Gasteiger partial charge in [0.05, 0.1) is 35.5 Å². The Kier molecular flexibility index (Phi) is 14.0. The Balaban J connectivity index is 1.30. The van der Waals surface area contributed by atoms with Crippen LogP contribution in [0.5, 0.6) is 0 Å². The van der Waals surface area contributed by atoms with Gasteiger partial charge in [0.2, 0.25) is 0 Å². The van der Waals surface area contributed by atoms with Crippen molar-refractivity contribution in [1.29, 1.82) is 0 Å². The highest BCUT2D eigenvalue weighted by Crippen LogP contribution is 2.65. The third kappa shape index (κ3) is 8.65. The number of amides is 1. The maximum absolute atomic E-state index is 16.0. The molecule has 5 aliphatic rings. The van der Waals surface area contributed by atoms with Crippen molar-refractivity contribution in [2.45, 2.75) is 141 Å². The number of methoxy groups -OCH3 is 1. The maximum Gasteiger partial charge on any atom is 0.413 e. The number of hydrogen-bond donors (Lipinski definition) is 1. The van der Waals surface area contributed by atoms with Gasteiger partial charge in [-0.15, -0.1) is 11.8 Å². The number of Topliss-reactive ketones (excluding diaryl/α,β-unsaturated/α-hetero) is 1. The molecule has 0 radical (unpaired) electrons. The fourth-order valence-electron chi connectivity index (χ4n) is 11.8. The van der Waals surface area contributed by atoms with Crippen LogP contribution in [0.15, 0.2) is 96.1 Å². The van der Waals surface area contributed by atoms with Gasteiger partial charge in [-0.05, 0) is 76.6 Å². The Morgan fingerprint density at radius 3 is 2.11 bits per heavy atom. The second-order valence-electron chi connectivity index (χ2n) is 20.9. The lowest BCUT2D eigenvalue weighted by Gasteiger charge is -2.68. The molecular weight excluding hydrogens is 919 g/mol. The molecule has 12 atom stereocenters. The van der Waals surface area contributed by atoms with Crippen molar-refractivity contribution in [3.8, 4) is 0 Å². The lowest BCUT2D eigenvalue weighted by Crippen LogP contribution is -2.82. The highest BCUT2D eigenvalue weighted by atomic mass is 32.2. The lowest BCUT2D eigenvalue weighted by atomic mass is 9.44. The summed E-state index contributed by atoms with van der Waals surface area (Å²) in [6.45, 7) is 15.2. The van der Waals surface area contributed by atoms with Crippen molar-refractivity contribution in [1.82, 2.24) is 4.90 Å². The first-order valence-electron chi connectivity index (χ1n) is 23.7. The molecule has 3 aromatic carbocycles. The molecule has 0 aromatic heterocycles. The van der Waals surface area contributed by atoms with E-state index in [-0.39, 0.29) is 31.0 Å². The van der Waals surface area contributed by atoms with E-state index in [1.807, 2.05) is 43.5 Å². The second kappa shape index (κ2) is 19.1. The quantitative estimate of drug-likeness (QED) is 0.0843. The molecular formula is C54H65NO14S. The molecule has 0 spiro atoms. The number of thioether (sulfide) groups is 1. The number of aliphatic hydroxyl groups is 1. The number of ether oxygens (including phenoxy) is 8. The monoisotopic (exact) mass is 983 g/mol. The number of hydrogen-bond acceptors (Lipinski definition) is 15. The van der Waals surface area contributed by atoms with Crippen LogP contribution in [0.25, 0.3) is 0 Å². The van der Waals surface area contributed by atoms with Crippen molar-refractivity contribution in [2.75, 3.05) is 25.9 Å². The third-order valence-corrected chi connectivity index (χ3v) is 15.6. The van der Waals surface area contributed by atoms with Crippen LogP contribution in [0.3, 0.4) is 0 Å². The van der Waals surface area contributed by atoms with Gasteiger partial charge in [-0.2, -0.15) is 0 Å². The van der Waals surface area contributed by atoms with E-state index in [1.54, 1.807) is 103 Å². The molecule has 2 saturated heterocycles. The Morgan fingerprint density at radius 1 is 0.900 bits per heavy atom. The normalized spacial score (nSPS) is 33.4. The van der Waals surface area contributed by atoms with Crippen LogP contribution in [0.2, 0.25) is 0 Å². The molecule has 3 aliphatic carbocycles. The standard InChI is InChI=1S/C54H65NO14S/c1-30-22-24-34(25-23-30)46-55(49(60)69-50(4,5)6)40(33-18-14-12-15-19-33)42(66-46)48(59)65-36-27-54(61)45(67-47(58)35-20-16-13-17-21-35)43-52(9,44(57)41(62-10)39(31(36)2)51(54,7)8)37(64-29-70-11)26-38-53(43,28-63-38)68-32(3)56/h12-25,36-38,40-43,45-46,61H,26-29H2,1-11H3/t36-,37-,38+,40+,41+,42-,43-,45-,46-,52+,53-,54+/m0/s1. The predicted octanol–water partition coefficient (Wildman–Crippen LogP) is 8.02. The van der Waals surface area contributed by atoms with Crippen molar-refractivity contribution in [3.05, 3.63) is 118 Å². The molecule has 16 heteroatoms. The SMILES string of the molecule is CO[C@H]1C(=O)[C@]2(C)[C@@H](OCSC)C[C@H]3OC[C@@]3(OC(C)=O)[C@H]2[C@H](OC(=O)c2ccccc2)[C@]2(O)C[C@H](OC(=O)[C@H]3O[C@@H](c4ccc(C)cc4)N(C(=O)OC(C)(C)C)[C@@H]3c3ccccc3)C(C)=C1C2(C)C.